The zero-order valence-electron chi connectivity index (χ0n) is 7.41. The van der Waals surface area contributed by atoms with Gasteiger partial charge < -0.3 is 0 Å². The second-order valence-corrected chi connectivity index (χ2v) is 3.42. The van der Waals surface area contributed by atoms with Gasteiger partial charge in [-0.1, -0.05) is 0 Å². The highest BCUT2D eigenvalue weighted by atomic mass is 19.1. The Balaban J connectivity index is 2.08. The number of rotatable bonds is 1. The van der Waals surface area contributed by atoms with E-state index in [2.05, 4.69) is 10.3 Å². The maximum absolute atomic E-state index is 13.0. The Morgan fingerprint density at radius 2 is 2.15 bits per heavy atom. The van der Waals surface area contributed by atoms with Crippen molar-refractivity contribution in [2.45, 2.75) is 25.1 Å². The van der Waals surface area contributed by atoms with Gasteiger partial charge in [0, 0.05) is 12.4 Å². The van der Waals surface area contributed by atoms with Crippen molar-refractivity contribution >= 4 is 0 Å². The van der Waals surface area contributed by atoms with Crippen LogP contribution in [-0.4, -0.2) is 17.8 Å². The molecule has 70 valence electrons. The molecule has 1 saturated heterocycles. The number of piperidine rings is 1. The highest BCUT2D eigenvalue weighted by Crippen LogP contribution is 2.27. The molecule has 1 aliphatic rings. The van der Waals surface area contributed by atoms with Crippen LogP contribution in [0.1, 0.15) is 24.3 Å². The van der Waals surface area contributed by atoms with Crippen LogP contribution in [0.2, 0.25) is 0 Å². The molecule has 0 saturated carbocycles. The summed E-state index contributed by atoms with van der Waals surface area (Å²) in [5.74, 6) is 0.360. The van der Waals surface area contributed by atoms with Crippen molar-refractivity contribution in [1.82, 2.24) is 10.3 Å². The summed E-state index contributed by atoms with van der Waals surface area (Å²) in [6.45, 7) is 0.772. The van der Waals surface area contributed by atoms with Gasteiger partial charge in [0.25, 0.3) is 0 Å². The van der Waals surface area contributed by atoms with Crippen LogP contribution in [-0.2, 0) is 0 Å². The maximum Gasteiger partial charge on any atom is 0.151 e. The highest BCUT2D eigenvalue weighted by molar-refractivity contribution is 5.16. The molecule has 2 heterocycles. The van der Waals surface area contributed by atoms with E-state index in [1.807, 2.05) is 12.1 Å². The van der Waals surface area contributed by atoms with E-state index in [0.717, 1.165) is 13.0 Å². The van der Waals surface area contributed by atoms with Crippen LogP contribution >= 0.6 is 0 Å². The first kappa shape index (κ1) is 8.63. The van der Waals surface area contributed by atoms with Crippen LogP contribution < -0.4 is 5.32 Å². The minimum atomic E-state index is -0.841. The van der Waals surface area contributed by atoms with Crippen molar-refractivity contribution in [2.24, 2.45) is 0 Å². The smallest absolute Gasteiger partial charge is 0.151 e. The fraction of sp³-hybridized carbons (Fsp3) is 0.500. The van der Waals surface area contributed by atoms with Gasteiger partial charge in [-0.15, -0.1) is 0 Å². The van der Waals surface area contributed by atoms with E-state index in [1.54, 1.807) is 12.4 Å². The fourth-order valence-electron chi connectivity index (χ4n) is 1.80. The monoisotopic (exact) mass is 180 g/mol. The first-order chi connectivity index (χ1) is 6.36. The summed E-state index contributed by atoms with van der Waals surface area (Å²) in [6.07, 6.45) is 4.30. The van der Waals surface area contributed by atoms with E-state index >= 15 is 0 Å². The van der Waals surface area contributed by atoms with Gasteiger partial charge in [0.2, 0.25) is 0 Å². The summed E-state index contributed by atoms with van der Waals surface area (Å²) in [7, 11) is 0. The lowest BCUT2D eigenvalue weighted by Crippen LogP contribution is -2.33. The zero-order valence-corrected chi connectivity index (χ0v) is 7.41. The van der Waals surface area contributed by atoms with Crippen molar-refractivity contribution < 1.29 is 4.39 Å². The van der Waals surface area contributed by atoms with E-state index in [0.29, 0.717) is 12.3 Å². The third kappa shape index (κ3) is 2.04. The summed E-state index contributed by atoms with van der Waals surface area (Å²) in [4.78, 5) is 3.95. The molecule has 1 aliphatic heterocycles. The topological polar surface area (TPSA) is 24.9 Å². The third-order valence-electron chi connectivity index (χ3n) is 2.53. The number of nitrogens with zero attached hydrogens (tertiary/aromatic N) is 1. The number of aromatic nitrogens is 1. The second-order valence-electron chi connectivity index (χ2n) is 3.42. The van der Waals surface area contributed by atoms with Gasteiger partial charge in [-0.3, -0.25) is 10.3 Å². The molecule has 13 heavy (non-hydrogen) atoms. The molecule has 1 fully saturated rings. The van der Waals surface area contributed by atoms with E-state index in [9.17, 15) is 4.39 Å². The Labute approximate surface area is 77.2 Å². The number of halogens is 1. The maximum atomic E-state index is 13.0. The summed E-state index contributed by atoms with van der Waals surface area (Å²) < 4.78 is 13.0. The van der Waals surface area contributed by atoms with E-state index in [4.69, 9.17) is 0 Å². The van der Waals surface area contributed by atoms with Crippen molar-refractivity contribution in [1.29, 1.82) is 0 Å². The predicted octanol–water partition coefficient (Wildman–Crippen LogP) is 1.84. The van der Waals surface area contributed by atoms with Gasteiger partial charge in [0.15, 0.2) is 6.30 Å². The van der Waals surface area contributed by atoms with Crippen LogP contribution in [0.25, 0.3) is 0 Å². The molecule has 0 spiro atoms. The minimum absolute atomic E-state index is 0.360. The zero-order chi connectivity index (χ0) is 9.10. The van der Waals surface area contributed by atoms with Gasteiger partial charge in [0.1, 0.15) is 0 Å². The number of hydrogen-bond acceptors (Lipinski definition) is 2. The molecule has 2 rings (SSSR count). The van der Waals surface area contributed by atoms with E-state index < -0.39 is 6.30 Å². The average Bonchev–Trinajstić information content (AvgIpc) is 2.19. The van der Waals surface area contributed by atoms with Crippen LogP contribution in [0.5, 0.6) is 0 Å². The number of hydrogen-bond donors (Lipinski definition) is 1. The van der Waals surface area contributed by atoms with E-state index in [1.165, 1.54) is 5.56 Å². The Hall–Kier alpha value is -0.960. The molecular weight excluding hydrogens is 167 g/mol. The Morgan fingerprint density at radius 3 is 2.85 bits per heavy atom. The van der Waals surface area contributed by atoms with Gasteiger partial charge in [-0.05, 0) is 43.0 Å². The predicted molar refractivity (Wildman–Crippen MR) is 49.1 cm³/mol. The molecular formula is C10H13FN2. The largest absolute Gasteiger partial charge is 0.288 e. The van der Waals surface area contributed by atoms with Crippen LogP contribution in [0.15, 0.2) is 24.5 Å². The summed E-state index contributed by atoms with van der Waals surface area (Å²) in [5, 5.41) is 2.80. The van der Waals surface area contributed by atoms with Gasteiger partial charge in [-0.2, -0.15) is 0 Å². The highest BCUT2D eigenvalue weighted by Gasteiger charge is 2.21. The first-order valence-corrected chi connectivity index (χ1v) is 4.63. The SMILES string of the molecule is F[C@@H]1CC(c2ccncc2)CCN1. The average molecular weight is 180 g/mol. The van der Waals surface area contributed by atoms with Gasteiger partial charge in [0.05, 0.1) is 0 Å². The van der Waals surface area contributed by atoms with Crippen molar-refractivity contribution in [2.75, 3.05) is 6.54 Å². The number of alkyl halides is 1. The Bertz CT molecular complexity index is 263. The summed E-state index contributed by atoms with van der Waals surface area (Å²) in [6, 6.07) is 3.95. The molecule has 0 aromatic carbocycles. The lowest BCUT2D eigenvalue weighted by Gasteiger charge is -2.25. The van der Waals surface area contributed by atoms with E-state index in [-0.39, 0.29) is 0 Å². The van der Waals surface area contributed by atoms with Crippen LogP contribution in [0.3, 0.4) is 0 Å². The molecule has 1 aromatic rings. The fourth-order valence-corrected chi connectivity index (χ4v) is 1.80. The minimum Gasteiger partial charge on any atom is -0.288 e. The lowest BCUT2D eigenvalue weighted by atomic mass is 9.90. The second kappa shape index (κ2) is 3.83. The molecule has 2 atom stereocenters. The van der Waals surface area contributed by atoms with Crippen LogP contribution in [0, 0.1) is 0 Å². The molecule has 3 heteroatoms. The van der Waals surface area contributed by atoms with Crippen molar-refractivity contribution in [3.05, 3.63) is 30.1 Å². The van der Waals surface area contributed by atoms with Gasteiger partial charge >= 0.3 is 0 Å². The van der Waals surface area contributed by atoms with Crippen LogP contribution in [0.4, 0.5) is 4.39 Å². The molecule has 0 aliphatic carbocycles. The summed E-state index contributed by atoms with van der Waals surface area (Å²) >= 11 is 0. The number of nitrogens with one attached hydrogen (secondary N) is 1. The molecule has 1 N–H and O–H groups in total. The molecule has 2 nitrogen and oxygen atoms in total. The molecule has 0 radical (unpaired) electrons. The molecule has 1 unspecified atom stereocenters. The van der Waals surface area contributed by atoms with Crippen molar-refractivity contribution in [3.63, 3.8) is 0 Å². The number of pyridine rings is 1. The summed E-state index contributed by atoms with van der Waals surface area (Å²) in [5.41, 5.74) is 1.21. The first-order valence-electron chi connectivity index (χ1n) is 4.63. The Morgan fingerprint density at radius 1 is 1.38 bits per heavy atom. The van der Waals surface area contributed by atoms with Crippen molar-refractivity contribution in [3.8, 4) is 0 Å². The normalized spacial score (nSPS) is 28.7. The quantitative estimate of drug-likeness (QED) is 0.667. The lowest BCUT2D eigenvalue weighted by molar-refractivity contribution is 0.206. The van der Waals surface area contributed by atoms with Gasteiger partial charge in [-0.25, -0.2) is 4.39 Å². The molecule has 1 aromatic heterocycles. The third-order valence-corrected chi connectivity index (χ3v) is 2.53. The molecule has 0 amide bonds. The molecule has 0 bridgehead atoms. The Kier molecular flexibility index (Phi) is 2.54. The standard InChI is InChI=1S/C10H13FN2/c11-10-7-9(3-6-13-10)8-1-4-12-5-2-8/h1-2,4-5,9-10,13H,3,6-7H2/t9?,10-/m0/s1.